The van der Waals surface area contributed by atoms with Gasteiger partial charge in [0.05, 0.1) is 11.4 Å². The zero-order valence-corrected chi connectivity index (χ0v) is 11.4. The molecule has 1 aromatic carbocycles. The molecule has 2 aromatic rings. The molecule has 0 unspecified atom stereocenters. The second-order valence-electron chi connectivity index (χ2n) is 4.91. The van der Waals surface area contributed by atoms with Gasteiger partial charge in [0.15, 0.2) is 17.5 Å². The first kappa shape index (κ1) is 13.5. The zero-order chi connectivity index (χ0) is 14.3. The van der Waals surface area contributed by atoms with E-state index in [0.29, 0.717) is 5.15 Å². The SMILES string of the molecule is Fc1cc(-n2nc3c(c2Cl)CCCCC3)cc(F)c1F. The third-order valence-electron chi connectivity index (χ3n) is 3.56. The molecule has 106 valence electrons. The number of nitrogens with zero attached hydrogens (tertiary/aromatic N) is 2. The number of hydrogen-bond acceptors (Lipinski definition) is 1. The van der Waals surface area contributed by atoms with Crippen molar-refractivity contribution in [1.82, 2.24) is 9.78 Å². The summed E-state index contributed by atoms with van der Waals surface area (Å²) in [6.07, 6.45) is 4.76. The van der Waals surface area contributed by atoms with Crippen molar-refractivity contribution in [3.8, 4) is 5.69 Å². The van der Waals surface area contributed by atoms with Crippen LogP contribution in [0, 0.1) is 17.5 Å². The number of halogens is 4. The average Bonchev–Trinajstić information content (AvgIpc) is 2.62. The maximum atomic E-state index is 13.3. The Labute approximate surface area is 119 Å². The van der Waals surface area contributed by atoms with Crippen LogP contribution < -0.4 is 0 Å². The third-order valence-corrected chi connectivity index (χ3v) is 3.95. The summed E-state index contributed by atoms with van der Waals surface area (Å²) in [6, 6.07) is 1.80. The van der Waals surface area contributed by atoms with Crippen molar-refractivity contribution in [2.45, 2.75) is 32.1 Å². The predicted molar refractivity (Wildman–Crippen MR) is 69.7 cm³/mol. The van der Waals surface area contributed by atoms with Crippen LogP contribution in [0.3, 0.4) is 0 Å². The topological polar surface area (TPSA) is 17.8 Å². The Bertz CT molecular complexity index is 644. The normalized spacial score (nSPS) is 15.0. The van der Waals surface area contributed by atoms with E-state index in [-0.39, 0.29) is 5.69 Å². The molecule has 0 N–H and O–H groups in total. The van der Waals surface area contributed by atoms with E-state index in [1.807, 2.05) is 0 Å². The van der Waals surface area contributed by atoms with E-state index in [1.165, 1.54) is 4.68 Å². The van der Waals surface area contributed by atoms with E-state index in [2.05, 4.69) is 5.10 Å². The van der Waals surface area contributed by atoms with Gasteiger partial charge in [-0.25, -0.2) is 17.9 Å². The van der Waals surface area contributed by atoms with Gasteiger partial charge in [-0.2, -0.15) is 5.10 Å². The molecule has 0 radical (unpaired) electrons. The Hall–Kier alpha value is -1.49. The highest BCUT2D eigenvalue weighted by molar-refractivity contribution is 6.30. The molecule has 0 saturated carbocycles. The van der Waals surface area contributed by atoms with E-state index in [1.54, 1.807) is 0 Å². The fourth-order valence-electron chi connectivity index (χ4n) is 2.53. The van der Waals surface area contributed by atoms with Gasteiger partial charge in [-0.1, -0.05) is 18.0 Å². The molecule has 6 heteroatoms. The molecule has 1 aliphatic carbocycles. The van der Waals surface area contributed by atoms with Gasteiger partial charge >= 0.3 is 0 Å². The minimum Gasteiger partial charge on any atom is -0.221 e. The minimum atomic E-state index is -1.49. The maximum absolute atomic E-state index is 13.3. The Kier molecular flexibility index (Phi) is 3.46. The molecule has 1 aliphatic rings. The Morgan fingerprint density at radius 2 is 1.65 bits per heavy atom. The van der Waals surface area contributed by atoms with Crippen molar-refractivity contribution < 1.29 is 13.2 Å². The summed E-state index contributed by atoms with van der Waals surface area (Å²) in [6.45, 7) is 0. The standard InChI is InChI=1S/C14H12ClF3N2/c15-14-9-4-2-1-3-5-12(9)19-20(14)8-6-10(16)13(18)11(17)7-8/h6-7H,1-5H2. The molecule has 0 amide bonds. The van der Waals surface area contributed by atoms with Gasteiger partial charge in [0.2, 0.25) is 0 Å². The van der Waals surface area contributed by atoms with E-state index in [9.17, 15) is 13.2 Å². The highest BCUT2D eigenvalue weighted by Crippen LogP contribution is 2.29. The summed E-state index contributed by atoms with van der Waals surface area (Å²) >= 11 is 6.26. The Balaban J connectivity index is 2.11. The monoisotopic (exact) mass is 300 g/mol. The highest BCUT2D eigenvalue weighted by atomic mass is 35.5. The summed E-state index contributed by atoms with van der Waals surface area (Å²) in [7, 11) is 0. The van der Waals surface area contributed by atoms with Gasteiger partial charge in [0.1, 0.15) is 5.15 Å². The van der Waals surface area contributed by atoms with Crippen LogP contribution in [0.4, 0.5) is 13.2 Å². The molecular weight excluding hydrogens is 289 g/mol. The lowest BCUT2D eigenvalue weighted by atomic mass is 10.1. The molecule has 0 saturated heterocycles. The number of benzene rings is 1. The molecular formula is C14H12ClF3N2. The van der Waals surface area contributed by atoms with Crippen LogP contribution >= 0.6 is 11.6 Å². The average molecular weight is 301 g/mol. The fraction of sp³-hybridized carbons (Fsp3) is 0.357. The van der Waals surface area contributed by atoms with Gasteiger partial charge in [0.25, 0.3) is 0 Å². The van der Waals surface area contributed by atoms with Crippen molar-refractivity contribution >= 4 is 11.6 Å². The van der Waals surface area contributed by atoms with Crippen molar-refractivity contribution in [2.24, 2.45) is 0 Å². The highest BCUT2D eigenvalue weighted by Gasteiger charge is 2.20. The lowest BCUT2D eigenvalue weighted by molar-refractivity contribution is 0.446. The van der Waals surface area contributed by atoms with E-state index in [0.717, 1.165) is 55.5 Å². The van der Waals surface area contributed by atoms with Crippen LogP contribution in [0.15, 0.2) is 12.1 Å². The number of fused-ring (bicyclic) bond motifs is 1. The van der Waals surface area contributed by atoms with E-state index < -0.39 is 17.5 Å². The van der Waals surface area contributed by atoms with Crippen LogP contribution in [0.2, 0.25) is 5.15 Å². The van der Waals surface area contributed by atoms with Crippen LogP contribution in [-0.4, -0.2) is 9.78 Å². The van der Waals surface area contributed by atoms with Gasteiger partial charge in [0, 0.05) is 17.7 Å². The quantitative estimate of drug-likeness (QED) is 0.570. The molecule has 0 bridgehead atoms. The number of rotatable bonds is 1. The first-order valence-corrected chi connectivity index (χ1v) is 6.87. The van der Waals surface area contributed by atoms with Crippen molar-refractivity contribution in [1.29, 1.82) is 0 Å². The molecule has 0 spiro atoms. The molecule has 0 aliphatic heterocycles. The Morgan fingerprint density at radius 3 is 2.35 bits per heavy atom. The van der Waals surface area contributed by atoms with Gasteiger partial charge in [-0.05, 0) is 25.7 Å². The molecule has 1 aromatic heterocycles. The van der Waals surface area contributed by atoms with E-state index >= 15 is 0 Å². The largest absolute Gasteiger partial charge is 0.221 e. The summed E-state index contributed by atoms with van der Waals surface area (Å²) in [5, 5.41) is 4.68. The number of aryl methyl sites for hydroxylation is 1. The van der Waals surface area contributed by atoms with Crippen molar-refractivity contribution in [3.63, 3.8) is 0 Å². The van der Waals surface area contributed by atoms with Crippen LogP contribution in [0.5, 0.6) is 0 Å². The van der Waals surface area contributed by atoms with E-state index in [4.69, 9.17) is 11.6 Å². The minimum absolute atomic E-state index is 0.0967. The van der Waals surface area contributed by atoms with Crippen LogP contribution in [-0.2, 0) is 12.8 Å². The summed E-state index contributed by atoms with van der Waals surface area (Å²) in [5.41, 5.74) is 1.88. The molecule has 1 heterocycles. The first-order valence-electron chi connectivity index (χ1n) is 6.49. The smallest absolute Gasteiger partial charge is 0.194 e. The molecule has 3 rings (SSSR count). The second-order valence-corrected chi connectivity index (χ2v) is 5.27. The molecule has 0 fully saturated rings. The van der Waals surface area contributed by atoms with Crippen molar-refractivity contribution in [2.75, 3.05) is 0 Å². The zero-order valence-electron chi connectivity index (χ0n) is 10.6. The van der Waals surface area contributed by atoms with Gasteiger partial charge in [-0.3, -0.25) is 0 Å². The van der Waals surface area contributed by atoms with Gasteiger partial charge < -0.3 is 0 Å². The van der Waals surface area contributed by atoms with Crippen LogP contribution in [0.25, 0.3) is 5.69 Å². The summed E-state index contributed by atoms with van der Waals surface area (Å²) in [4.78, 5) is 0. The first-order chi connectivity index (χ1) is 9.58. The summed E-state index contributed by atoms with van der Waals surface area (Å²) < 4.78 is 40.9. The molecule has 20 heavy (non-hydrogen) atoms. The maximum Gasteiger partial charge on any atom is 0.194 e. The Morgan fingerprint density at radius 1 is 1.00 bits per heavy atom. The van der Waals surface area contributed by atoms with Crippen molar-refractivity contribution in [3.05, 3.63) is 46.0 Å². The molecule has 2 nitrogen and oxygen atoms in total. The van der Waals surface area contributed by atoms with Crippen LogP contribution in [0.1, 0.15) is 30.5 Å². The third kappa shape index (κ3) is 2.20. The fourth-order valence-corrected chi connectivity index (χ4v) is 2.87. The molecule has 0 atom stereocenters. The number of aromatic nitrogens is 2. The second kappa shape index (κ2) is 5.13. The van der Waals surface area contributed by atoms with Gasteiger partial charge in [-0.15, -0.1) is 0 Å². The summed E-state index contributed by atoms with van der Waals surface area (Å²) in [5.74, 6) is -3.98. The lowest BCUT2D eigenvalue weighted by Gasteiger charge is -2.05. The number of hydrogen-bond donors (Lipinski definition) is 0. The predicted octanol–water partition coefficient (Wildman–Crippen LogP) is 4.21. The lowest BCUT2D eigenvalue weighted by Crippen LogP contribution is -2.02.